The maximum atomic E-state index is 11.3. The van der Waals surface area contributed by atoms with E-state index in [1.807, 2.05) is 11.8 Å². The molecule has 6 nitrogen and oxygen atoms in total. The molecule has 18 heavy (non-hydrogen) atoms. The quantitative estimate of drug-likeness (QED) is 0.616. The Morgan fingerprint density at radius 2 is 2.17 bits per heavy atom. The zero-order valence-corrected chi connectivity index (χ0v) is 11.0. The number of carbonyl (C=O) groups is 2. The third-order valence-electron chi connectivity index (χ3n) is 2.80. The van der Waals surface area contributed by atoms with Crippen LogP contribution in [-0.2, 0) is 9.53 Å². The molecule has 0 atom stereocenters. The molecule has 104 valence electrons. The molecule has 3 amide bonds. The Morgan fingerprint density at radius 1 is 1.39 bits per heavy atom. The van der Waals surface area contributed by atoms with Crippen LogP contribution in [0.15, 0.2) is 0 Å². The van der Waals surface area contributed by atoms with Crippen LogP contribution in [0.1, 0.15) is 26.2 Å². The average molecular weight is 257 g/mol. The summed E-state index contributed by atoms with van der Waals surface area (Å²) in [4.78, 5) is 24.5. The molecular formula is C12H23N3O3. The highest BCUT2D eigenvalue weighted by Crippen LogP contribution is 2.09. The van der Waals surface area contributed by atoms with Gasteiger partial charge in [-0.1, -0.05) is 0 Å². The fraction of sp³-hybridized carbons (Fsp3) is 0.833. The molecule has 1 rings (SSSR count). The number of rotatable bonds is 8. The summed E-state index contributed by atoms with van der Waals surface area (Å²) in [5.74, 6) is 0.233. The van der Waals surface area contributed by atoms with Crippen molar-refractivity contribution in [2.75, 3.05) is 39.4 Å². The second kappa shape index (κ2) is 8.74. The van der Waals surface area contributed by atoms with Gasteiger partial charge < -0.3 is 20.3 Å². The molecule has 6 heteroatoms. The third-order valence-corrected chi connectivity index (χ3v) is 2.80. The molecule has 0 unspecified atom stereocenters. The summed E-state index contributed by atoms with van der Waals surface area (Å²) in [7, 11) is 0. The van der Waals surface area contributed by atoms with Gasteiger partial charge in [0.15, 0.2) is 0 Å². The van der Waals surface area contributed by atoms with Crippen LogP contribution in [0.2, 0.25) is 0 Å². The Kier molecular flexibility index (Phi) is 7.17. The number of urea groups is 1. The van der Waals surface area contributed by atoms with Crippen molar-refractivity contribution in [1.29, 1.82) is 0 Å². The molecule has 0 aliphatic carbocycles. The molecule has 0 aromatic heterocycles. The van der Waals surface area contributed by atoms with Crippen molar-refractivity contribution in [3.63, 3.8) is 0 Å². The molecule has 0 saturated carbocycles. The number of amides is 3. The highest BCUT2D eigenvalue weighted by Gasteiger charge is 2.18. The molecule has 0 spiro atoms. The first-order chi connectivity index (χ1) is 8.74. The summed E-state index contributed by atoms with van der Waals surface area (Å²) in [5.41, 5.74) is 0. The summed E-state index contributed by atoms with van der Waals surface area (Å²) in [6.07, 6.45) is 2.43. The van der Waals surface area contributed by atoms with Gasteiger partial charge in [0.2, 0.25) is 5.91 Å². The predicted molar refractivity (Wildman–Crippen MR) is 68.3 cm³/mol. The maximum absolute atomic E-state index is 11.3. The largest absolute Gasteiger partial charge is 0.380 e. The first kappa shape index (κ1) is 14.8. The minimum absolute atomic E-state index is 0.178. The number of ether oxygens (including phenoxy) is 1. The zero-order chi connectivity index (χ0) is 13.2. The lowest BCUT2D eigenvalue weighted by molar-refractivity contribution is -0.127. The van der Waals surface area contributed by atoms with E-state index in [1.54, 1.807) is 0 Å². The number of carbonyl (C=O) groups excluding carboxylic acids is 2. The van der Waals surface area contributed by atoms with Crippen LogP contribution >= 0.6 is 0 Å². The Morgan fingerprint density at radius 3 is 2.83 bits per heavy atom. The van der Waals surface area contributed by atoms with Crippen LogP contribution in [-0.4, -0.2) is 56.2 Å². The number of hydrogen-bond acceptors (Lipinski definition) is 3. The standard InChI is InChI=1S/C12H23N3O3/c1-2-18-10-7-14-12(17)13-6-4-9-15-8-3-5-11(15)16/h2-10H2,1H3,(H2,13,14,17). The van der Waals surface area contributed by atoms with Gasteiger partial charge in [-0.25, -0.2) is 4.79 Å². The Bertz CT molecular complexity index is 271. The number of hydrogen-bond donors (Lipinski definition) is 2. The third kappa shape index (κ3) is 5.86. The van der Waals surface area contributed by atoms with E-state index in [-0.39, 0.29) is 11.9 Å². The molecule has 1 saturated heterocycles. The van der Waals surface area contributed by atoms with Gasteiger partial charge in [-0.15, -0.1) is 0 Å². The molecule has 0 aromatic carbocycles. The molecule has 1 fully saturated rings. The van der Waals surface area contributed by atoms with Gasteiger partial charge in [-0.3, -0.25) is 4.79 Å². The molecule has 1 aliphatic heterocycles. The fourth-order valence-electron chi connectivity index (χ4n) is 1.86. The van der Waals surface area contributed by atoms with Crippen LogP contribution in [0.5, 0.6) is 0 Å². The van der Waals surface area contributed by atoms with E-state index >= 15 is 0 Å². The van der Waals surface area contributed by atoms with Gasteiger partial charge in [0.05, 0.1) is 6.61 Å². The maximum Gasteiger partial charge on any atom is 0.314 e. The predicted octanol–water partition coefficient (Wildman–Crippen LogP) is 0.335. The highest BCUT2D eigenvalue weighted by atomic mass is 16.5. The fourth-order valence-corrected chi connectivity index (χ4v) is 1.86. The molecule has 2 N–H and O–H groups in total. The molecule has 0 bridgehead atoms. The van der Waals surface area contributed by atoms with Crippen molar-refractivity contribution >= 4 is 11.9 Å². The van der Waals surface area contributed by atoms with E-state index < -0.39 is 0 Å². The zero-order valence-electron chi connectivity index (χ0n) is 11.0. The highest BCUT2D eigenvalue weighted by molar-refractivity contribution is 5.78. The SMILES string of the molecule is CCOCCNC(=O)NCCCN1CCCC1=O. The summed E-state index contributed by atoms with van der Waals surface area (Å²) in [6.45, 7) is 5.81. The first-order valence-corrected chi connectivity index (χ1v) is 6.61. The molecule has 1 heterocycles. The first-order valence-electron chi connectivity index (χ1n) is 6.61. The average Bonchev–Trinajstić information content (AvgIpc) is 2.76. The van der Waals surface area contributed by atoms with E-state index in [9.17, 15) is 9.59 Å². The van der Waals surface area contributed by atoms with Crippen molar-refractivity contribution in [1.82, 2.24) is 15.5 Å². The van der Waals surface area contributed by atoms with Gasteiger partial charge in [0.1, 0.15) is 0 Å². The van der Waals surface area contributed by atoms with Gasteiger partial charge in [-0.2, -0.15) is 0 Å². The van der Waals surface area contributed by atoms with Gasteiger partial charge in [0, 0.05) is 39.2 Å². The van der Waals surface area contributed by atoms with E-state index in [0.717, 1.165) is 25.9 Å². The summed E-state index contributed by atoms with van der Waals surface area (Å²) in [6, 6.07) is -0.178. The minimum Gasteiger partial charge on any atom is -0.380 e. The molecule has 1 aliphatic rings. The van der Waals surface area contributed by atoms with Crippen molar-refractivity contribution in [2.45, 2.75) is 26.2 Å². The van der Waals surface area contributed by atoms with E-state index in [4.69, 9.17) is 4.74 Å². The smallest absolute Gasteiger partial charge is 0.314 e. The van der Waals surface area contributed by atoms with Crippen molar-refractivity contribution in [2.24, 2.45) is 0 Å². The summed E-state index contributed by atoms with van der Waals surface area (Å²) in [5, 5.41) is 5.45. The van der Waals surface area contributed by atoms with Crippen LogP contribution in [0.4, 0.5) is 4.79 Å². The molecular weight excluding hydrogens is 234 g/mol. The van der Waals surface area contributed by atoms with Crippen LogP contribution in [0.3, 0.4) is 0 Å². The number of nitrogens with zero attached hydrogens (tertiary/aromatic N) is 1. The van der Waals surface area contributed by atoms with Crippen molar-refractivity contribution < 1.29 is 14.3 Å². The molecule has 0 aromatic rings. The Balaban J connectivity index is 1.93. The van der Waals surface area contributed by atoms with Gasteiger partial charge in [-0.05, 0) is 19.8 Å². The van der Waals surface area contributed by atoms with Crippen molar-refractivity contribution in [3.8, 4) is 0 Å². The van der Waals surface area contributed by atoms with Gasteiger partial charge in [0.25, 0.3) is 0 Å². The minimum atomic E-state index is -0.178. The van der Waals surface area contributed by atoms with E-state index in [0.29, 0.717) is 32.7 Å². The van der Waals surface area contributed by atoms with E-state index in [2.05, 4.69) is 10.6 Å². The lowest BCUT2D eigenvalue weighted by atomic mass is 10.4. The second-order valence-corrected chi connectivity index (χ2v) is 4.22. The number of nitrogens with one attached hydrogen (secondary N) is 2. The van der Waals surface area contributed by atoms with Gasteiger partial charge >= 0.3 is 6.03 Å². The number of likely N-dealkylation sites (tertiary alicyclic amines) is 1. The normalized spacial score (nSPS) is 14.9. The topological polar surface area (TPSA) is 70.7 Å². The van der Waals surface area contributed by atoms with Crippen LogP contribution < -0.4 is 10.6 Å². The second-order valence-electron chi connectivity index (χ2n) is 4.22. The Labute approximate surface area is 108 Å². The lowest BCUT2D eigenvalue weighted by Crippen LogP contribution is -2.38. The van der Waals surface area contributed by atoms with E-state index in [1.165, 1.54) is 0 Å². The van der Waals surface area contributed by atoms with Crippen molar-refractivity contribution in [3.05, 3.63) is 0 Å². The summed E-state index contributed by atoms with van der Waals surface area (Å²) >= 11 is 0. The van der Waals surface area contributed by atoms with Crippen LogP contribution in [0, 0.1) is 0 Å². The lowest BCUT2D eigenvalue weighted by Gasteiger charge is -2.15. The Hall–Kier alpha value is -1.30. The summed E-state index contributed by atoms with van der Waals surface area (Å²) < 4.78 is 5.10. The van der Waals surface area contributed by atoms with Crippen LogP contribution in [0.25, 0.3) is 0 Å². The molecule has 0 radical (unpaired) electrons. The monoisotopic (exact) mass is 257 g/mol.